The first kappa shape index (κ1) is 15.8. The average Bonchev–Trinajstić information content (AvgIpc) is 3.14. The maximum absolute atomic E-state index is 10.2. The van der Waals surface area contributed by atoms with Crippen molar-refractivity contribution in [3.63, 3.8) is 0 Å². The molecule has 3 N–H and O–H groups in total. The van der Waals surface area contributed by atoms with Crippen molar-refractivity contribution < 1.29 is 5.11 Å². The van der Waals surface area contributed by atoms with Gasteiger partial charge in [-0.15, -0.1) is 10.2 Å². The van der Waals surface area contributed by atoms with Crippen LogP contribution in [0, 0.1) is 0 Å². The van der Waals surface area contributed by atoms with Crippen LogP contribution in [0.2, 0.25) is 0 Å². The van der Waals surface area contributed by atoms with Crippen molar-refractivity contribution in [3.05, 3.63) is 30.3 Å². The number of phenolic OH excluding ortho intramolecular Hbond substituents is 1. The maximum atomic E-state index is 10.2. The second kappa shape index (κ2) is 6.41. The van der Waals surface area contributed by atoms with Gasteiger partial charge in [-0.3, -0.25) is 4.90 Å². The van der Waals surface area contributed by atoms with Crippen molar-refractivity contribution >= 4 is 11.5 Å². The highest BCUT2D eigenvalue weighted by Gasteiger charge is 2.39. The number of aromatic nitrogens is 2. The van der Waals surface area contributed by atoms with E-state index in [2.05, 4.69) is 36.7 Å². The lowest BCUT2D eigenvalue weighted by molar-refractivity contribution is 0.183. The van der Waals surface area contributed by atoms with E-state index in [0.717, 1.165) is 62.0 Å². The largest absolute Gasteiger partial charge is 0.507 e. The molecule has 1 aromatic carbocycles. The molecule has 0 saturated carbocycles. The molecule has 7 nitrogen and oxygen atoms in total. The third-order valence-corrected chi connectivity index (χ3v) is 5.83. The van der Waals surface area contributed by atoms with Crippen LogP contribution in [0.15, 0.2) is 30.3 Å². The van der Waals surface area contributed by atoms with Crippen LogP contribution in [0.1, 0.15) is 6.42 Å². The summed E-state index contributed by atoms with van der Waals surface area (Å²) in [5, 5.41) is 25.8. The smallest absolute Gasteiger partial charge is 0.172 e. The average molecular weight is 352 g/mol. The van der Waals surface area contributed by atoms with Crippen molar-refractivity contribution in [1.82, 2.24) is 20.4 Å². The molecule has 1 aromatic heterocycles. The molecule has 26 heavy (non-hydrogen) atoms. The van der Waals surface area contributed by atoms with Crippen molar-refractivity contribution in [2.75, 3.05) is 49.5 Å². The van der Waals surface area contributed by atoms with Gasteiger partial charge in [-0.2, -0.15) is 0 Å². The second-order valence-electron chi connectivity index (χ2n) is 7.34. The standard InChI is InChI=1S/C19H24N6O/c26-18-4-2-1-3-15(18)16-10-17-19(23-22-16)21-11-13-9-14(12-25(13)17)24-7-5-20-6-8-24/h1-4,10,13-14,20,26H,5-9,11-12H2,(H,21,23)/t13-,14?/m1/s1. The second-order valence-corrected chi connectivity index (χ2v) is 7.34. The van der Waals surface area contributed by atoms with Crippen LogP contribution < -0.4 is 15.5 Å². The summed E-state index contributed by atoms with van der Waals surface area (Å²) in [6, 6.07) is 10.5. The number of rotatable bonds is 2. The molecular formula is C19H24N6O. The summed E-state index contributed by atoms with van der Waals surface area (Å²) in [4.78, 5) is 5.10. The minimum atomic E-state index is 0.238. The molecule has 3 aliphatic rings. The molecule has 0 bridgehead atoms. The van der Waals surface area contributed by atoms with Gasteiger partial charge in [0.15, 0.2) is 5.82 Å². The van der Waals surface area contributed by atoms with Gasteiger partial charge in [0.25, 0.3) is 0 Å². The minimum Gasteiger partial charge on any atom is -0.507 e. The van der Waals surface area contributed by atoms with Crippen molar-refractivity contribution in [2.45, 2.75) is 18.5 Å². The number of hydrogen-bond acceptors (Lipinski definition) is 7. The molecule has 2 aromatic rings. The molecule has 5 rings (SSSR count). The number of benzene rings is 1. The fourth-order valence-electron chi connectivity index (χ4n) is 4.46. The van der Waals surface area contributed by atoms with Gasteiger partial charge in [0.05, 0.1) is 11.4 Å². The van der Waals surface area contributed by atoms with Crippen LogP contribution in [-0.2, 0) is 0 Å². The first-order valence-corrected chi connectivity index (χ1v) is 9.41. The van der Waals surface area contributed by atoms with E-state index in [1.807, 2.05) is 18.2 Å². The van der Waals surface area contributed by atoms with E-state index < -0.39 is 0 Å². The summed E-state index contributed by atoms with van der Waals surface area (Å²) in [7, 11) is 0. The van der Waals surface area contributed by atoms with Gasteiger partial charge in [-0.1, -0.05) is 12.1 Å². The summed E-state index contributed by atoms with van der Waals surface area (Å²) in [6.45, 7) is 6.37. The molecule has 7 heteroatoms. The first-order valence-electron chi connectivity index (χ1n) is 9.41. The van der Waals surface area contributed by atoms with Gasteiger partial charge in [-0.25, -0.2) is 0 Å². The number of phenols is 1. The zero-order valence-corrected chi connectivity index (χ0v) is 14.7. The Labute approximate surface area is 153 Å². The van der Waals surface area contributed by atoms with Crippen LogP contribution in [0.5, 0.6) is 5.75 Å². The minimum absolute atomic E-state index is 0.238. The summed E-state index contributed by atoms with van der Waals surface area (Å²) in [5.41, 5.74) is 2.55. The Morgan fingerprint density at radius 2 is 1.92 bits per heavy atom. The Balaban J connectivity index is 1.45. The van der Waals surface area contributed by atoms with E-state index in [-0.39, 0.29) is 5.75 Å². The summed E-state index contributed by atoms with van der Waals surface area (Å²) in [6.07, 6.45) is 1.18. The highest BCUT2D eigenvalue weighted by molar-refractivity contribution is 5.76. The molecule has 2 atom stereocenters. The third kappa shape index (κ3) is 2.68. The number of hydrogen-bond donors (Lipinski definition) is 3. The molecule has 3 aliphatic heterocycles. The van der Waals surface area contributed by atoms with Crippen LogP contribution in [-0.4, -0.2) is 71.6 Å². The lowest BCUT2D eigenvalue weighted by Crippen LogP contribution is -2.49. The lowest BCUT2D eigenvalue weighted by Gasteiger charge is -2.34. The number of nitrogens with one attached hydrogen (secondary N) is 2. The zero-order chi connectivity index (χ0) is 17.5. The van der Waals surface area contributed by atoms with E-state index in [0.29, 0.717) is 12.1 Å². The quantitative estimate of drug-likeness (QED) is 0.748. The molecule has 0 radical (unpaired) electrons. The summed E-state index contributed by atoms with van der Waals surface area (Å²) in [5.74, 6) is 1.09. The molecule has 136 valence electrons. The van der Waals surface area contributed by atoms with Crippen molar-refractivity contribution in [1.29, 1.82) is 0 Å². The lowest BCUT2D eigenvalue weighted by atomic mass is 10.1. The Morgan fingerprint density at radius 1 is 1.08 bits per heavy atom. The van der Waals surface area contributed by atoms with Gasteiger partial charge in [0.1, 0.15) is 5.75 Å². The van der Waals surface area contributed by atoms with E-state index in [1.165, 1.54) is 6.42 Å². The highest BCUT2D eigenvalue weighted by atomic mass is 16.3. The molecule has 1 unspecified atom stereocenters. The predicted molar refractivity (Wildman–Crippen MR) is 102 cm³/mol. The molecule has 0 spiro atoms. The van der Waals surface area contributed by atoms with Crippen molar-refractivity contribution in [2.24, 2.45) is 0 Å². The Kier molecular flexibility index (Phi) is 3.90. The number of para-hydroxylation sites is 1. The van der Waals surface area contributed by atoms with Gasteiger partial charge < -0.3 is 20.6 Å². The molecule has 0 amide bonds. The number of nitrogens with zero attached hydrogens (tertiary/aromatic N) is 4. The number of fused-ring (bicyclic) bond motifs is 3. The number of aromatic hydroxyl groups is 1. The Hall–Kier alpha value is -2.38. The molecule has 2 saturated heterocycles. The monoisotopic (exact) mass is 352 g/mol. The SMILES string of the molecule is Oc1ccccc1-c1cc2c(nn1)NC[C@H]1CC(N3CCNCC3)CN21. The Bertz CT molecular complexity index is 806. The predicted octanol–water partition coefficient (Wildman–Crippen LogP) is 1.13. The van der Waals surface area contributed by atoms with Gasteiger partial charge in [0, 0.05) is 56.9 Å². The molecule has 0 aliphatic carbocycles. The van der Waals surface area contributed by atoms with E-state index in [9.17, 15) is 5.11 Å². The fraction of sp³-hybridized carbons (Fsp3) is 0.474. The van der Waals surface area contributed by atoms with E-state index in [4.69, 9.17) is 0 Å². The van der Waals surface area contributed by atoms with Crippen LogP contribution >= 0.6 is 0 Å². The first-order chi connectivity index (χ1) is 12.8. The van der Waals surface area contributed by atoms with Gasteiger partial charge in [-0.05, 0) is 24.6 Å². The number of anilines is 2. The topological polar surface area (TPSA) is 76.5 Å². The van der Waals surface area contributed by atoms with E-state index >= 15 is 0 Å². The molecule has 4 heterocycles. The summed E-state index contributed by atoms with van der Waals surface area (Å²) < 4.78 is 0. The van der Waals surface area contributed by atoms with Crippen LogP contribution in [0.25, 0.3) is 11.3 Å². The maximum Gasteiger partial charge on any atom is 0.172 e. The number of piperazine rings is 1. The highest BCUT2D eigenvalue weighted by Crippen LogP contribution is 2.38. The van der Waals surface area contributed by atoms with E-state index in [1.54, 1.807) is 6.07 Å². The fourth-order valence-corrected chi connectivity index (χ4v) is 4.46. The van der Waals surface area contributed by atoms with Crippen LogP contribution in [0.4, 0.5) is 11.5 Å². The molecular weight excluding hydrogens is 328 g/mol. The summed E-state index contributed by atoms with van der Waals surface area (Å²) >= 11 is 0. The normalized spacial score (nSPS) is 25.5. The third-order valence-electron chi connectivity index (χ3n) is 5.83. The van der Waals surface area contributed by atoms with Gasteiger partial charge in [0.2, 0.25) is 0 Å². The van der Waals surface area contributed by atoms with Gasteiger partial charge >= 0.3 is 0 Å². The van der Waals surface area contributed by atoms with Crippen LogP contribution in [0.3, 0.4) is 0 Å². The van der Waals surface area contributed by atoms with Crippen molar-refractivity contribution in [3.8, 4) is 17.0 Å². The Morgan fingerprint density at radius 3 is 2.77 bits per heavy atom. The zero-order valence-electron chi connectivity index (χ0n) is 14.7. The molecule has 2 fully saturated rings.